The van der Waals surface area contributed by atoms with Gasteiger partial charge in [0.1, 0.15) is 6.04 Å². The highest BCUT2D eigenvalue weighted by atomic mass is 79.9. The van der Waals surface area contributed by atoms with Crippen molar-refractivity contribution < 1.29 is 9.72 Å². The fourth-order valence-electron chi connectivity index (χ4n) is 2.26. The van der Waals surface area contributed by atoms with Crippen molar-refractivity contribution in [1.29, 1.82) is 5.26 Å². The van der Waals surface area contributed by atoms with Gasteiger partial charge in [-0.2, -0.15) is 5.26 Å². The molecule has 1 amide bonds. The van der Waals surface area contributed by atoms with Crippen LogP contribution in [-0.4, -0.2) is 28.3 Å². The van der Waals surface area contributed by atoms with Crippen molar-refractivity contribution in [1.82, 2.24) is 4.90 Å². The second-order valence-electron chi connectivity index (χ2n) is 4.56. The van der Waals surface area contributed by atoms with Crippen LogP contribution >= 0.6 is 15.9 Å². The lowest BCUT2D eigenvalue weighted by Gasteiger charge is -2.31. The van der Waals surface area contributed by atoms with Crippen LogP contribution in [0.5, 0.6) is 0 Å². The van der Waals surface area contributed by atoms with Gasteiger partial charge in [0.25, 0.3) is 11.6 Å². The summed E-state index contributed by atoms with van der Waals surface area (Å²) in [5.41, 5.74) is 0.0865. The minimum atomic E-state index is -0.543. The maximum Gasteiger partial charge on any atom is 0.284 e. The van der Waals surface area contributed by atoms with Gasteiger partial charge in [0.15, 0.2) is 0 Å². The van der Waals surface area contributed by atoms with E-state index in [4.69, 9.17) is 5.26 Å². The van der Waals surface area contributed by atoms with E-state index in [0.29, 0.717) is 17.4 Å². The molecule has 0 aliphatic carbocycles. The van der Waals surface area contributed by atoms with Crippen molar-refractivity contribution in [2.75, 3.05) is 6.54 Å². The number of nitro benzene ring substituents is 1. The number of nitro groups is 1. The number of nitrogens with zero attached hydrogens (tertiary/aromatic N) is 3. The van der Waals surface area contributed by atoms with Crippen molar-refractivity contribution >= 4 is 27.5 Å². The number of carbonyl (C=O) groups is 1. The Morgan fingerprint density at radius 3 is 2.90 bits per heavy atom. The molecule has 1 fully saturated rings. The number of likely N-dealkylation sites (tertiary alicyclic amines) is 1. The Hall–Kier alpha value is -1.94. The summed E-state index contributed by atoms with van der Waals surface area (Å²) in [7, 11) is 0. The van der Waals surface area contributed by atoms with Gasteiger partial charge >= 0.3 is 0 Å². The number of carbonyl (C=O) groups excluding carboxylic acids is 1. The van der Waals surface area contributed by atoms with Crippen molar-refractivity contribution in [3.8, 4) is 6.07 Å². The van der Waals surface area contributed by atoms with Crippen molar-refractivity contribution in [2.45, 2.75) is 25.3 Å². The van der Waals surface area contributed by atoms with Crippen LogP contribution in [0.2, 0.25) is 0 Å². The number of nitriles is 1. The summed E-state index contributed by atoms with van der Waals surface area (Å²) in [5.74, 6) is -0.327. The monoisotopic (exact) mass is 337 g/mol. The molecule has 0 radical (unpaired) electrons. The quantitative estimate of drug-likeness (QED) is 0.613. The highest BCUT2D eigenvalue weighted by Gasteiger charge is 2.28. The summed E-state index contributed by atoms with van der Waals surface area (Å²) in [6.45, 7) is 0.515. The van der Waals surface area contributed by atoms with E-state index in [1.165, 1.54) is 23.1 Å². The lowest BCUT2D eigenvalue weighted by atomic mass is 10.0. The van der Waals surface area contributed by atoms with Crippen LogP contribution in [0.1, 0.15) is 29.6 Å². The summed E-state index contributed by atoms with van der Waals surface area (Å²) in [5, 5.41) is 20.0. The molecule has 7 heteroatoms. The van der Waals surface area contributed by atoms with E-state index in [1.54, 1.807) is 0 Å². The van der Waals surface area contributed by atoms with Gasteiger partial charge in [-0.05, 0) is 47.3 Å². The predicted molar refractivity (Wildman–Crippen MR) is 75.1 cm³/mol. The van der Waals surface area contributed by atoms with Crippen LogP contribution in [0.3, 0.4) is 0 Å². The topological polar surface area (TPSA) is 87.2 Å². The molecule has 1 unspecified atom stereocenters. The number of piperidine rings is 1. The van der Waals surface area contributed by atoms with E-state index in [2.05, 4.69) is 22.0 Å². The van der Waals surface area contributed by atoms with Gasteiger partial charge in [-0.3, -0.25) is 14.9 Å². The highest BCUT2D eigenvalue weighted by molar-refractivity contribution is 9.10. The standard InChI is InChI=1S/C13H12BrN3O3/c14-11-5-4-9(7-12(11)17(19)20)13(18)16-6-2-1-3-10(16)8-15/h4-5,7,10H,1-3,6H2. The molecule has 1 aliphatic rings. The normalized spacial score (nSPS) is 18.4. The molecule has 1 aromatic rings. The van der Waals surface area contributed by atoms with Crippen LogP contribution in [0.15, 0.2) is 22.7 Å². The number of benzene rings is 1. The van der Waals surface area contributed by atoms with Crippen molar-refractivity contribution in [2.24, 2.45) is 0 Å². The van der Waals surface area contributed by atoms with Crippen molar-refractivity contribution in [3.63, 3.8) is 0 Å². The van der Waals surface area contributed by atoms with Crippen molar-refractivity contribution in [3.05, 3.63) is 38.3 Å². The molecule has 0 spiro atoms. The second kappa shape index (κ2) is 6.01. The fraction of sp³-hybridized carbons (Fsp3) is 0.385. The van der Waals surface area contributed by atoms with E-state index >= 15 is 0 Å². The molecule has 104 valence electrons. The van der Waals surface area contributed by atoms with Gasteiger partial charge in [-0.1, -0.05) is 0 Å². The zero-order valence-electron chi connectivity index (χ0n) is 10.6. The fourth-order valence-corrected chi connectivity index (χ4v) is 2.65. The Labute approximate surface area is 124 Å². The molecule has 1 heterocycles. The zero-order valence-corrected chi connectivity index (χ0v) is 12.2. The number of rotatable bonds is 2. The first-order valence-corrected chi connectivity index (χ1v) is 6.98. The third-order valence-electron chi connectivity index (χ3n) is 3.30. The maximum absolute atomic E-state index is 12.4. The van der Waals surface area contributed by atoms with Crippen LogP contribution < -0.4 is 0 Å². The first kappa shape index (κ1) is 14.5. The molecule has 0 N–H and O–H groups in total. The smallest absolute Gasteiger partial charge is 0.284 e. The molecule has 2 rings (SSSR count). The van der Waals surface area contributed by atoms with E-state index in [1.807, 2.05) is 0 Å². The largest absolute Gasteiger partial charge is 0.323 e. The summed E-state index contributed by atoms with van der Waals surface area (Å²) >= 11 is 3.08. The molecule has 1 aromatic carbocycles. The third kappa shape index (κ3) is 2.80. The van der Waals surface area contributed by atoms with Crippen LogP contribution in [-0.2, 0) is 0 Å². The first-order chi connectivity index (χ1) is 9.54. The second-order valence-corrected chi connectivity index (χ2v) is 5.42. The molecule has 1 aliphatic heterocycles. The van der Waals surface area contributed by atoms with Gasteiger partial charge in [-0.15, -0.1) is 0 Å². The molecule has 1 saturated heterocycles. The summed E-state index contributed by atoms with van der Waals surface area (Å²) in [6, 6.07) is 5.93. The van der Waals surface area contributed by atoms with Gasteiger partial charge in [0.2, 0.25) is 0 Å². The van der Waals surface area contributed by atoms with Crippen LogP contribution in [0, 0.1) is 21.4 Å². The summed E-state index contributed by atoms with van der Waals surface area (Å²) < 4.78 is 0.328. The lowest BCUT2D eigenvalue weighted by molar-refractivity contribution is -0.385. The van der Waals surface area contributed by atoms with E-state index in [9.17, 15) is 14.9 Å². The third-order valence-corrected chi connectivity index (χ3v) is 3.97. The number of hydrogen-bond donors (Lipinski definition) is 0. The molecule has 1 atom stereocenters. The van der Waals surface area contributed by atoms with Gasteiger partial charge in [0.05, 0.1) is 15.5 Å². The molecule has 6 nitrogen and oxygen atoms in total. The Morgan fingerprint density at radius 1 is 1.50 bits per heavy atom. The molecule has 20 heavy (non-hydrogen) atoms. The minimum absolute atomic E-state index is 0.152. The summed E-state index contributed by atoms with van der Waals surface area (Å²) in [6.07, 6.45) is 2.42. The average Bonchev–Trinajstić information content (AvgIpc) is 2.46. The molecule has 0 saturated carbocycles. The van der Waals surface area contributed by atoms with E-state index in [-0.39, 0.29) is 17.2 Å². The Balaban J connectivity index is 2.31. The molecular weight excluding hydrogens is 326 g/mol. The predicted octanol–water partition coefficient (Wildman–Crippen LogP) is 2.88. The number of hydrogen-bond acceptors (Lipinski definition) is 4. The van der Waals surface area contributed by atoms with Gasteiger partial charge < -0.3 is 4.90 Å². The maximum atomic E-state index is 12.4. The Morgan fingerprint density at radius 2 is 2.25 bits per heavy atom. The highest BCUT2D eigenvalue weighted by Crippen LogP contribution is 2.27. The zero-order chi connectivity index (χ0) is 14.7. The molecular formula is C13H12BrN3O3. The molecule has 0 aromatic heterocycles. The molecule has 0 bridgehead atoms. The summed E-state index contributed by atoms with van der Waals surface area (Å²) in [4.78, 5) is 24.2. The SMILES string of the molecule is N#CC1CCCCN1C(=O)c1ccc(Br)c([N+](=O)[O-])c1. The van der Waals surface area contributed by atoms with Crippen LogP contribution in [0.4, 0.5) is 5.69 Å². The lowest BCUT2D eigenvalue weighted by Crippen LogP contribution is -2.42. The average molecular weight is 338 g/mol. The number of halogens is 1. The number of amides is 1. The van der Waals surface area contributed by atoms with E-state index < -0.39 is 11.0 Å². The van der Waals surface area contributed by atoms with Crippen LogP contribution in [0.25, 0.3) is 0 Å². The first-order valence-electron chi connectivity index (χ1n) is 6.19. The van der Waals surface area contributed by atoms with Gasteiger partial charge in [-0.25, -0.2) is 0 Å². The Kier molecular flexibility index (Phi) is 4.35. The van der Waals surface area contributed by atoms with E-state index in [0.717, 1.165) is 12.8 Å². The van der Waals surface area contributed by atoms with Gasteiger partial charge in [0, 0.05) is 18.2 Å². The minimum Gasteiger partial charge on any atom is -0.323 e. The Bertz CT molecular complexity index is 597.